The number of thiophene rings is 1. The molecule has 42 heavy (non-hydrogen) atoms. The molecule has 5 nitrogen and oxygen atoms in total. The molecule has 0 aliphatic rings. The molecule has 0 radical (unpaired) electrons. The Kier molecular flexibility index (Phi) is 5.00. The van der Waals surface area contributed by atoms with E-state index in [2.05, 4.69) is 64.1 Å². The maximum Gasteiger partial charge on any atom is 0.238 e. The molecule has 0 atom stereocenters. The lowest BCUT2D eigenvalue weighted by Gasteiger charge is -2.11. The van der Waals surface area contributed by atoms with Crippen LogP contribution in [0.4, 0.5) is 0 Å². The predicted molar refractivity (Wildman–Crippen MR) is 173 cm³/mol. The Morgan fingerprint density at radius 2 is 1.24 bits per heavy atom. The van der Waals surface area contributed by atoms with Crippen molar-refractivity contribution >= 4 is 64.1 Å². The summed E-state index contributed by atoms with van der Waals surface area (Å²) < 4.78 is 4.70. The molecular weight excluding hydrogens is 534 g/mol. The van der Waals surface area contributed by atoms with Gasteiger partial charge in [0.25, 0.3) is 0 Å². The van der Waals surface area contributed by atoms with Crippen LogP contribution in [0.1, 0.15) is 0 Å². The number of benzene rings is 5. The highest BCUT2D eigenvalue weighted by Crippen LogP contribution is 2.44. The maximum atomic E-state index is 5.14. The van der Waals surface area contributed by atoms with Crippen LogP contribution in [0.3, 0.4) is 0 Å². The van der Waals surface area contributed by atoms with Crippen molar-refractivity contribution in [3.05, 3.63) is 128 Å². The topological polar surface area (TPSA) is 56.5 Å². The molecule has 9 rings (SSSR count). The zero-order valence-electron chi connectivity index (χ0n) is 22.3. The first-order chi connectivity index (χ1) is 20.8. The Balaban J connectivity index is 1.48. The third-order valence-corrected chi connectivity index (χ3v) is 9.14. The normalized spacial score (nSPS) is 11.8. The second-order valence-electron chi connectivity index (χ2n) is 10.3. The second kappa shape index (κ2) is 9.03. The molecule has 0 saturated carbocycles. The molecule has 0 aliphatic carbocycles. The highest BCUT2D eigenvalue weighted by molar-refractivity contribution is 7.26. The number of hydrogen-bond acceptors (Lipinski definition) is 5. The summed E-state index contributed by atoms with van der Waals surface area (Å²) in [6.07, 6.45) is 3.82. The molecule has 196 valence electrons. The second-order valence-corrected chi connectivity index (χ2v) is 11.4. The average Bonchev–Trinajstić information content (AvgIpc) is 3.61. The van der Waals surface area contributed by atoms with Crippen LogP contribution in [0, 0.1) is 0 Å². The van der Waals surface area contributed by atoms with E-state index in [0.717, 1.165) is 43.7 Å². The van der Waals surface area contributed by atoms with Crippen LogP contribution in [0.5, 0.6) is 0 Å². The van der Waals surface area contributed by atoms with Crippen LogP contribution in [-0.4, -0.2) is 24.5 Å². The fraction of sp³-hybridized carbons (Fsp3) is 0. The lowest BCUT2D eigenvalue weighted by atomic mass is 10.0. The van der Waals surface area contributed by atoms with E-state index >= 15 is 0 Å². The molecule has 4 aromatic heterocycles. The zero-order valence-corrected chi connectivity index (χ0v) is 23.1. The van der Waals surface area contributed by atoms with Gasteiger partial charge in [-0.2, -0.15) is 9.97 Å². The Morgan fingerprint density at radius 1 is 0.548 bits per heavy atom. The molecule has 6 heteroatoms. The average molecular weight is 556 g/mol. The highest BCUT2D eigenvalue weighted by atomic mass is 32.1. The number of nitrogens with zero attached hydrogens (tertiary/aromatic N) is 5. The zero-order chi connectivity index (χ0) is 27.6. The van der Waals surface area contributed by atoms with Gasteiger partial charge in [0.2, 0.25) is 5.95 Å². The summed E-state index contributed by atoms with van der Waals surface area (Å²) in [6, 6.07) is 39.8. The van der Waals surface area contributed by atoms with Gasteiger partial charge in [-0.15, -0.1) is 11.3 Å². The number of fused-ring (bicyclic) bond motifs is 9. The molecule has 0 bridgehead atoms. The van der Waals surface area contributed by atoms with Crippen molar-refractivity contribution < 1.29 is 0 Å². The Bertz CT molecular complexity index is 2400. The number of hydrogen-bond donors (Lipinski definition) is 0. The van der Waals surface area contributed by atoms with Gasteiger partial charge in [-0.1, -0.05) is 97.1 Å². The molecule has 4 heterocycles. The van der Waals surface area contributed by atoms with Crippen molar-refractivity contribution in [3.8, 4) is 28.7 Å². The van der Waals surface area contributed by atoms with Gasteiger partial charge in [0, 0.05) is 55.2 Å². The monoisotopic (exact) mass is 555 g/mol. The minimum atomic E-state index is 0.593. The minimum Gasteiger partial charge on any atom is -0.276 e. The molecular formula is C36H21N5S. The summed E-state index contributed by atoms with van der Waals surface area (Å²) in [7, 11) is 0. The quantitative estimate of drug-likeness (QED) is 0.218. The van der Waals surface area contributed by atoms with E-state index < -0.39 is 0 Å². The van der Waals surface area contributed by atoms with Gasteiger partial charge in [-0.05, 0) is 23.6 Å². The summed E-state index contributed by atoms with van der Waals surface area (Å²) in [5, 5.41) is 7.06. The summed E-state index contributed by atoms with van der Waals surface area (Å²) in [5.74, 6) is 1.87. The predicted octanol–water partition coefficient (Wildman–Crippen LogP) is 9.22. The van der Waals surface area contributed by atoms with Crippen molar-refractivity contribution in [2.75, 3.05) is 0 Å². The van der Waals surface area contributed by atoms with Crippen LogP contribution in [-0.2, 0) is 0 Å². The number of rotatable bonds is 3. The van der Waals surface area contributed by atoms with Crippen LogP contribution in [0.25, 0.3) is 81.5 Å². The molecule has 0 amide bonds. The van der Waals surface area contributed by atoms with Gasteiger partial charge >= 0.3 is 0 Å². The molecule has 0 spiro atoms. The standard InChI is InChI=1S/C36H21N5S/c1-3-9-23(10-4-1)34-38-35(24-11-5-2-6-12-24)40-36(39-34)41-29-18-15-22-19-20-37-21-28(22)31(29)27-17-16-26-25-13-7-8-14-30(25)42-33(26)32(27)41/h1-21H. The van der Waals surface area contributed by atoms with Gasteiger partial charge in [0.05, 0.1) is 15.7 Å². The molecule has 0 unspecified atom stereocenters. The maximum absolute atomic E-state index is 5.14. The van der Waals surface area contributed by atoms with Crippen LogP contribution >= 0.6 is 11.3 Å². The lowest BCUT2D eigenvalue weighted by molar-refractivity contribution is 0.955. The van der Waals surface area contributed by atoms with Gasteiger partial charge in [0.1, 0.15) is 0 Å². The molecule has 5 aromatic carbocycles. The van der Waals surface area contributed by atoms with E-state index in [9.17, 15) is 0 Å². The Hall–Kier alpha value is -5.46. The third kappa shape index (κ3) is 3.42. The summed E-state index contributed by atoms with van der Waals surface area (Å²) in [4.78, 5) is 19.7. The first-order valence-corrected chi connectivity index (χ1v) is 14.6. The first kappa shape index (κ1) is 23.3. The van der Waals surface area contributed by atoms with Crippen molar-refractivity contribution in [2.24, 2.45) is 0 Å². The van der Waals surface area contributed by atoms with E-state index in [1.165, 1.54) is 20.2 Å². The van der Waals surface area contributed by atoms with Gasteiger partial charge in [-0.3, -0.25) is 9.55 Å². The van der Waals surface area contributed by atoms with Crippen molar-refractivity contribution in [1.29, 1.82) is 0 Å². The van der Waals surface area contributed by atoms with Crippen molar-refractivity contribution in [1.82, 2.24) is 24.5 Å². The fourth-order valence-electron chi connectivity index (χ4n) is 6.04. The van der Waals surface area contributed by atoms with E-state index in [1.807, 2.05) is 84.4 Å². The van der Waals surface area contributed by atoms with Gasteiger partial charge < -0.3 is 0 Å². The lowest BCUT2D eigenvalue weighted by Crippen LogP contribution is -2.06. The SMILES string of the molecule is c1ccc(-c2nc(-c3ccccc3)nc(-n3c4ccc5ccncc5c4c4ccc5c6ccccc6sc5c43)n2)cc1. The molecule has 0 fully saturated rings. The third-order valence-electron chi connectivity index (χ3n) is 7.94. The van der Waals surface area contributed by atoms with Gasteiger partial charge in [-0.25, -0.2) is 4.98 Å². The summed E-state index contributed by atoms with van der Waals surface area (Å²) >= 11 is 1.81. The Morgan fingerprint density at radius 3 is 2.00 bits per heavy atom. The minimum absolute atomic E-state index is 0.593. The van der Waals surface area contributed by atoms with E-state index in [1.54, 1.807) is 0 Å². The molecule has 0 aliphatic heterocycles. The fourth-order valence-corrected chi connectivity index (χ4v) is 7.28. The molecule has 0 saturated heterocycles. The number of pyridine rings is 1. The van der Waals surface area contributed by atoms with E-state index in [0.29, 0.717) is 17.6 Å². The van der Waals surface area contributed by atoms with Crippen LogP contribution in [0.15, 0.2) is 128 Å². The van der Waals surface area contributed by atoms with Crippen molar-refractivity contribution in [2.45, 2.75) is 0 Å². The smallest absolute Gasteiger partial charge is 0.238 e. The van der Waals surface area contributed by atoms with Crippen LogP contribution in [0.2, 0.25) is 0 Å². The van der Waals surface area contributed by atoms with Crippen LogP contribution < -0.4 is 0 Å². The highest BCUT2D eigenvalue weighted by Gasteiger charge is 2.22. The first-order valence-electron chi connectivity index (χ1n) is 13.8. The molecule has 0 N–H and O–H groups in total. The van der Waals surface area contributed by atoms with Gasteiger partial charge in [0.15, 0.2) is 11.6 Å². The summed E-state index contributed by atoms with van der Waals surface area (Å²) in [6.45, 7) is 0. The summed E-state index contributed by atoms with van der Waals surface area (Å²) in [5.41, 5.74) is 4.03. The van der Waals surface area contributed by atoms with E-state index in [4.69, 9.17) is 15.0 Å². The number of aromatic nitrogens is 5. The van der Waals surface area contributed by atoms with E-state index in [-0.39, 0.29) is 0 Å². The largest absolute Gasteiger partial charge is 0.276 e. The molecule has 9 aromatic rings. The van der Waals surface area contributed by atoms with Crippen molar-refractivity contribution in [3.63, 3.8) is 0 Å². The Labute approximate surface area is 244 Å².